The van der Waals surface area contributed by atoms with E-state index < -0.39 is 0 Å². The van der Waals surface area contributed by atoms with Crippen LogP contribution in [0.25, 0.3) is 0 Å². The SMILES string of the molecule is CC(C)NCc1cc(Br)ccc1N(C)CC1CCC1. The molecule has 0 unspecified atom stereocenters. The van der Waals surface area contributed by atoms with Crippen molar-refractivity contribution in [3.05, 3.63) is 28.2 Å². The molecule has 1 N–H and O–H groups in total. The molecular weight excluding hydrogens is 300 g/mol. The molecule has 3 heteroatoms. The molecule has 0 saturated heterocycles. The maximum atomic E-state index is 3.58. The van der Waals surface area contributed by atoms with E-state index in [9.17, 15) is 0 Å². The third-order valence-electron chi connectivity index (χ3n) is 3.91. The van der Waals surface area contributed by atoms with Gasteiger partial charge in [0.25, 0.3) is 0 Å². The zero-order valence-electron chi connectivity index (χ0n) is 12.2. The Morgan fingerprint density at radius 2 is 2.11 bits per heavy atom. The second-order valence-corrected chi connectivity index (χ2v) is 6.90. The fraction of sp³-hybridized carbons (Fsp3) is 0.625. The number of hydrogen-bond acceptors (Lipinski definition) is 2. The lowest BCUT2D eigenvalue weighted by molar-refractivity contribution is 0.321. The Kier molecular flexibility index (Phi) is 5.28. The molecule has 0 aliphatic heterocycles. The number of rotatable bonds is 6. The van der Waals surface area contributed by atoms with Crippen LogP contribution in [-0.4, -0.2) is 19.6 Å². The molecule has 106 valence electrons. The normalized spacial score (nSPS) is 15.6. The fourth-order valence-corrected chi connectivity index (χ4v) is 2.95. The molecule has 0 radical (unpaired) electrons. The molecular formula is C16H25BrN2. The highest BCUT2D eigenvalue weighted by Crippen LogP contribution is 2.30. The van der Waals surface area contributed by atoms with Crippen molar-refractivity contribution in [2.75, 3.05) is 18.5 Å². The van der Waals surface area contributed by atoms with E-state index in [2.05, 4.69) is 65.2 Å². The molecule has 0 aromatic heterocycles. The Labute approximate surface area is 125 Å². The molecule has 1 saturated carbocycles. The summed E-state index contributed by atoms with van der Waals surface area (Å²) in [5.74, 6) is 0.902. The van der Waals surface area contributed by atoms with Gasteiger partial charge in [0, 0.05) is 36.3 Å². The van der Waals surface area contributed by atoms with E-state index in [-0.39, 0.29) is 0 Å². The van der Waals surface area contributed by atoms with Crippen molar-refractivity contribution in [3.63, 3.8) is 0 Å². The lowest BCUT2D eigenvalue weighted by Crippen LogP contribution is -2.31. The molecule has 1 aliphatic rings. The van der Waals surface area contributed by atoms with Gasteiger partial charge in [0.15, 0.2) is 0 Å². The quantitative estimate of drug-likeness (QED) is 0.844. The second kappa shape index (κ2) is 6.76. The van der Waals surface area contributed by atoms with Gasteiger partial charge in [-0.3, -0.25) is 0 Å². The number of halogens is 1. The molecule has 1 aromatic rings. The predicted octanol–water partition coefficient (Wildman–Crippen LogP) is 4.18. The standard InChI is InChI=1S/C16H25BrN2/c1-12(2)18-10-14-9-15(17)7-8-16(14)19(3)11-13-5-4-6-13/h7-9,12-13,18H,4-6,10-11H2,1-3H3. The van der Waals surface area contributed by atoms with E-state index in [0.717, 1.165) is 16.9 Å². The van der Waals surface area contributed by atoms with Crippen molar-refractivity contribution in [2.24, 2.45) is 5.92 Å². The van der Waals surface area contributed by atoms with Crippen LogP contribution in [0.15, 0.2) is 22.7 Å². The lowest BCUT2D eigenvalue weighted by Gasteiger charge is -2.32. The van der Waals surface area contributed by atoms with Crippen LogP contribution in [0.2, 0.25) is 0 Å². The zero-order chi connectivity index (χ0) is 13.8. The van der Waals surface area contributed by atoms with Crippen LogP contribution >= 0.6 is 15.9 Å². The van der Waals surface area contributed by atoms with Crippen LogP contribution in [-0.2, 0) is 6.54 Å². The minimum absolute atomic E-state index is 0.517. The van der Waals surface area contributed by atoms with E-state index in [1.807, 2.05) is 0 Å². The van der Waals surface area contributed by atoms with Gasteiger partial charge in [-0.05, 0) is 42.5 Å². The molecule has 0 atom stereocenters. The van der Waals surface area contributed by atoms with Crippen molar-refractivity contribution in [3.8, 4) is 0 Å². The first-order valence-corrected chi connectivity index (χ1v) is 8.08. The molecule has 0 spiro atoms. The van der Waals surface area contributed by atoms with E-state index in [0.29, 0.717) is 6.04 Å². The maximum absolute atomic E-state index is 3.58. The van der Waals surface area contributed by atoms with Crippen molar-refractivity contribution < 1.29 is 0 Å². The molecule has 0 bridgehead atoms. The average Bonchev–Trinajstić information content (AvgIpc) is 2.31. The number of benzene rings is 1. The number of anilines is 1. The first-order chi connectivity index (χ1) is 9.06. The molecule has 0 heterocycles. The summed E-state index contributed by atoms with van der Waals surface area (Å²) in [6, 6.07) is 7.14. The Hall–Kier alpha value is -0.540. The van der Waals surface area contributed by atoms with E-state index in [1.165, 1.54) is 37.1 Å². The molecule has 0 amide bonds. The van der Waals surface area contributed by atoms with Crippen molar-refractivity contribution >= 4 is 21.6 Å². The average molecular weight is 325 g/mol. The summed E-state index contributed by atoms with van der Waals surface area (Å²) in [5, 5.41) is 3.52. The second-order valence-electron chi connectivity index (χ2n) is 5.99. The van der Waals surface area contributed by atoms with Crippen LogP contribution < -0.4 is 10.2 Å². The highest BCUT2D eigenvalue weighted by molar-refractivity contribution is 9.10. The minimum Gasteiger partial charge on any atom is -0.374 e. The molecule has 2 nitrogen and oxygen atoms in total. The number of nitrogens with zero attached hydrogens (tertiary/aromatic N) is 1. The Morgan fingerprint density at radius 1 is 1.37 bits per heavy atom. The first kappa shape index (κ1) is 14.9. The molecule has 19 heavy (non-hydrogen) atoms. The lowest BCUT2D eigenvalue weighted by atomic mass is 9.85. The molecule has 1 aromatic carbocycles. The van der Waals surface area contributed by atoms with Crippen molar-refractivity contribution in [1.82, 2.24) is 5.32 Å². The third kappa shape index (κ3) is 4.22. The number of hydrogen-bond donors (Lipinski definition) is 1. The van der Waals surface area contributed by atoms with Gasteiger partial charge in [0.2, 0.25) is 0 Å². The summed E-state index contributed by atoms with van der Waals surface area (Å²) in [7, 11) is 2.22. The molecule has 2 rings (SSSR count). The highest BCUT2D eigenvalue weighted by Gasteiger charge is 2.20. The van der Waals surface area contributed by atoms with Crippen LogP contribution in [0.1, 0.15) is 38.7 Å². The zero-order valence-corrected chi connectivity index (χ0v) is 13.8. The van der Waals surface area contributed by atoms with Gasteiger partial charge >= 0.3 is 0 Å². The number of nitrogens with one attached hydrogen (secondary N) is 1. The smallest absolute Gasteiger partial charge is 0.0410 e. The fourth-order valence-electron chi connectivity index (χ4n) is 2.54. The van der Waals surface area contributed by atoms with Crippen LogP contribution in [0.4, 0.5) is 5.69 Å². The van der Waals surface area contributed by atoms with Gasteiger partial charge in [0.05, 0.1) is 0 Å². The van der Waals surface area contributed by atoms with Gasteiger partial charge in [-0.1, -0.05) is 36.2 Å². The molecule has 1 fully saturated rings. The summed E-state index contributed by atoms with van der Waals surface area (Å²) in [4.78, 5) is 2.42. The molecule has 1 aliphatic carbocycles. The third-order valence-corrected chi connectivity index (χ3v) is 4.40. The summed E-state index contributed by atoms with van der Waals surface area (Å²) in [5.41, 5.74) is 2.74. The first-order valence-electron chi connectivity index (χ1n) is 7.29. The predicted molar refractivity (Wildman–Crippen MR) is 86.7 cm³/mol. The van der Waals surface area contributed by atoms with Crippen molar-refractivity contribution in [1.29, 1.82) is 0 Å². The van der Waals surface area contributed by atoms with Gasteiger partial charge in [-0.25, -0.2) is 0 Å². The Morgan fingerprint density at radius 3 is 2.68 bits per heavy atom. The van der Waals surface area contributed by atoms with Gasteiger partial charge in [0.1, 0.15) is 0 Å². The van der Waals surface area contributed by atoms with Crippen LogP contribution in [0, 0.1) is 5.92 Å². The van der Waals surface area contributed by atoms with Crippen LogP contribution in [0.3, 0.4) is 0 Å². The van der Waals surface area contributed by atoms with E-state index >= 15 is 0 Å². The largest absolute Gasteiger partial charge is 0.374 e. The van der Waals surface area contributed by atoms with Gasteiger partial charge in [-0.15, -0.1) is 0 Å². The van der Waals surface area contributed by atoms with Crippen LogP contribution in [0.5, 0.6) is 0 Å². The summed E-state index contributed by atoms with van der Waals surface area (Å²) >= 11 is 3.58. The minimum atomic E-state index is 0.517. The Bertz CT molecular complexity index is 413. The topological polar surface area (TPSA) is 15.3 Å². The summed E-state index contributed by atoms with van der Waals surface area (Å²) in [6.45, 7) is 6.50. The summed E-state index contributed by atoms with van der Waals surface area (Å²) < 4.78 is 1.16. The Balaban J connectivity index is 2.07. The van der Waals surface area contributed by atoms with E-state index in [1.54, 1.807) is 0 Å². The monoisotopic (exact) mass is 324 g/mol. The van der Waals surface area contributed by atoms with Gasteiger partial charge in [-0.2, -0.15) is 0 Å². The highest BCUT2D eigenvalue weighted by atomic mass is 79.9. The maximum Gasteiger partial charge on any atom is 0.0410 e. The van der Waals surface area contributed by atoms with E-state index in [4.69, 9.17) is 0 Å². The van der Waals surface area contributed by atoms with Crippen molar-refractivity contribution in [2.45, 2.75) is 45.7 Å². The van der Waals surface area contributed by atoms with Gasteiger partial charge < -0.3 is 10.2 Å². The summed E-state index contributed by atoms with van der Waals surface area (Å²) in [6.07, 6.45) is 4.22.